The van der Waals surface area contributed by atoms with Gasteiger partial charge in [0.15, 0.2) is 0 Å². The van der Waals surface area contributed by atoms with Gasteiger partial charge in [0.2, 0.25) is 0 Å². The van der Waals surface area contributed by atoms with E-state index in [1.807, 2.05) is 0 Å². The van der Waals surface area contributed by atoms with Crippen LogP contribution in [0.3, 0.4) is 0 Å². The van der Waals surface area contributed by atoms with E-state index in [1.54, 1.807) is 6.92 Å². The van der Waals surface area contributed by atoms with E-state index in [0.29, 0.717) is 31.4 Å². The molecular formula is C14H17F6NO. The number of nitrogens with two attached hydrogens (primary N) is 1. The maximum Gasteiger partial charge on any atom is 0.573 e. The number of ether oxygens (including phenoxy) is 1. The van der Waals surface area contributed by atoms with Crippen molar-refractivity contribution in [2.75, 3.05) is 6.54 Å². The highest BCUT2D eigenvalue weighted by Crippen LogP contribution is 2.42. The molecule has 8 heteroatoms. The van der Waals surface area contributed by atoms with Crippen molar-refractivity contribution in [1.82, 2.24) is 0 Å². The fourth-order valence-corrected chi connectivity index (χ4v) is 2.12. The Labute approximate surface area is 124 Å². The van der Waals surface area contributed by atoms with E-state index in [2.05, 4.69) is 4.74 Å². The van der Waals surface area contributed by atoms with Crippen LogP contribution >= 0.6 is 0 Å². The zero-order valence-electron chi connectivity index (χ0n) is 11.9. The second-order valence-electron chi connectivity index (χ2n) is 4.77. The van der Waals surface area contributed by atoms with E-state index in [9.17, 15) is 26.3 Å². The predicted octanol–water partition coefficient (Wildman–Crippen LogP) is 4.45. The van der Waals surface area contributed by atoms with Gasteiger partial charge in [-0.1, -0.05) is 13.0 Å². The Hall–Kier alpha value is -1.44. The molecule has 126 valence electrons. The van der Waals surface area contributed by atoms with Gasteiger partial charge >= 0.3 is 12.5 Å². The number of rotatable bonds is 6. The normalized spacial score (nSPS) is 12.5. The molecule has 2 nitrogen and oxygen atoms in total. The lowest BCUT2D eigenvalue weighted by Gasteiger charge is -2.20. The van der Waals surface area contributed by atoms with Gasteiger partial charge in [0.05, 0.1) is 0 Å². The molecule has 0 heterocycles. The fourth-order valence-electron chi connectivity index (χ4n) is 2.12. The van der Waals surface area contributed by atoms with E-state index in [4.69, 9.17) is 5.73 Å². The summed E-state index contributed by atoms with van der Waals surface area (Å²) in [5.74, 6) is -1.19. The Morgan fingerprint density at radius 3 is 2.14 bits per heavy atom. The summed E-state index contributed by atoms with van der Waals surface area (Å²) < 4.78 is 80.2. The van der Waals surface area contributed by atoms with Crippen LogP contribution < -0.4 is 10.5 Å². The van der Waals surface area contributed by atoms with Crippen molar-refractivity contribution in [3.63, 3.8) is 0 Å². The number of alkyl halides is 6. The van der Waals surface area contributed by atoms with Crippen molar-refractivity contribution in [2.24, 2.45) is 5.73 Å². The largest absolute Gasteiger partial charge is 0.573 e. The van der Waals surface area contributed by atoms with Crippen molar-refractivity contribution in [3.8, 4) is 5.75 Å². The summed E-state index contributed by atoms with van der Waals surface area (Å²) in [5, 5.41) is 0. The molecule has 1 rings (SSSR count). The minimum absolute atomic E-state index is 0.00585. The summed E-state index contributed by atoms with van der Waals surface area (Å²) in [6.07, 6.45) is -8.96. The molecule has 0 fully saturated rings. The third-order valence-electron chi connectivity index (χ3n) is 3.06. The average molecular weight is 329 g/mol. The predicted molar refractivity (Wildman–Crippen MR) is 69.5 cm³/mol. The highest BCUT2D eigenvalue weighted by molar-refractivity contribution is 5.46. The first kappa shape index (κ1) is 18.6. The molecule has 1 aromatic carbocycles. The van der Waals surface area contributed by atoms with Crippen LogP contribution in [0.4, 0.5) is 26.3 Å². The molecule has 0 saturated heterocycles. The van der Waals surface area contributed by atoms with Gasteiger partial charge in [-0.25, -0.2) is 0 Å². The van der Waals surface area contributed by atoms with E-state index in [0.717, 1.165) is 6.07 Å². The van der Waals surface area contributed by atoms with Gasteiger partial charge in [-0.15, -0.1) is 13.2 Å². The summed E-state index contributed by atoms with van der Waals surface area (Å²) in [6, 6.07) is 2.07. The van der Waals surface area contributed by atoms with Gasteiger partial charge < -0.3 is 10.5 Å². The topological polar surface area (TPSA) is 35.2 Å². The van der Waals surface area contributed by atoms with Crippen molar-refractivity contribution < 1.29 is 31.1 Å². The van der Waals surface area contributed by atoms with Crippen LogP contribution in [0.1, 0.15) is 36.5 Å². The summed E-state index contributed by atoms with van der Waals surface area (Å²) in [4.78, 5) is 0. The number of aryl methyl sites for hydroxylation is 2. The first-order chi connectivity index (χ1) is 10.1. The highest BCUT2D eigenvalue weighted by atomic mass is 19.4. The molecule has 0 bridgehead atoms. The summed E-state index contributed by atoms with van der Waals surface area (Å²) in [7, 11) is 0. The summed E-state index contributed by atoms with van der Waals surface area (Å²) >= 11 is 0. The number of unbranched alkanes of at least 4 members (excludes halogenated alkanes) is 1. The molecule has 0 spiro atoms. The molecule has 0 radical (unpaired) electrons. The molecule has 1 aromatic rings. The van der Waals surface area contributed by atoms with Gasteiger partial charge in [0, 0.05) is 0 Å². The minimum atomic E-state index is -5.18. The lowest BCUT2D eigenvalue weighted by atomic mass is 9.96. The second kappa shape index (κ2) is 7.21. The SMILES string of the molecule is CCc1cc(CCCCN)c(C(F)(F)F)c(OC(F)(F)F)c1. The Kier molecular flexibility index (Phi) is 6.10. The molecule has 0 unspecified atom stereocenters. The van der Waals surface area contributed by atoms with Gasteiger partial charge in [-0.2, -0.15) is 13.2 Å². The number of halogens is 6. The molecule has 0 amide bonds. The molecule has 0 aliphatic heterocycles. The molecule has 0 aliphatic rings. The Bertz CT molecular complexity index is 495. The summed E-state index contributed by atoms with van der Waals surface area (Å²) in [5.41, 5.74) is 4.09. The zero-order chi connectivity index (χ0) is 17.0. The van der Waals surface area contributed by atoms with Gasteiger partial charge in [0.25, 0.3) is 0 Å². The Balaban J connectivity index is 3.35. The first-order valence-corrected chi connectivity index (χ1v) is 6.77. The molecule has 0 saturated carbocycles. The molecule has 0 atom stereocenters. The van der Waals surface area contributed by atoms with Crippen LogP contribution in [0.5, 0.6) is 5.75 Å². The quantitative estimate of drug-likeness (QED) is 0.618. The monoisotopic (exact) mass is 329 g/mol. The zero-order valence-corrected chi connectivity index (χ0v) is 11.9. The van der Waals surface area contributed by atoms with Gasteiger partial charge in [-0.3, -0.25) is 0 Å². The molecule has 22 heavy (non-hydrogen) atoms. The lowest BCUT2D eigenvalue weighted by molar-refractivity contribution is -0.276. The standard InChI is InChI=1S/C14H17F6NO/c1-2-9-7-10(5-3-4-6-21)12(13(15,16)17)11(8-9)22-14(18,19)20/h7-8H,2-6,21H2,1H3. The molecule has 0 aliphatic carbocycles. The smallest absolute Gasteiger partial charge is 0.405 e. The molecule has 0 aromatic heterocycles. The Morgan fingerprint density at radius 1 is 1.05 bits per heavy atom. The Morgan fingerprint density at radius 2 is 1.68 bits per heavy atom. The van der Waals surface area contributed by atoms with Crippen LogP contribution in [0.2, 0.25) is 0 Å². The van der Waals surface area contributed by atoms with Crippen LogP contribution in [-0.2, 0) is 19.0 Å². The minimum Gasteiger partial charge on any atom is -0.405 e. The third kappa shape index (κ3) is 5.40. The van der Waals surface area contributed by atoms with E-state index >= 15 is 0 Å². The maximum atomic E-state index is 13.2. The number of benzene rings is 1. The molecule has 2 N–H and O–H groups in total. The van der Waals surface area contributed by atoms with Crippen LogP contribution in [0.15, 0.2) is 12.1 Å². The average Bonchev–Trinajstić information content (AvgIpc) is 2.35. The van der Waals surface area contributed by atoms with E-state index < -0.39 is 23.9 Å². The van der Waals surface area contributed by atoms with Crippen molar-refractivity contribution in [1.29, 1.82) is 0 Å². The van der Waals surface area contributed by atoms with Crippen LogP contribution in [-0.4, -0.2) is 12.9 Å². The van der Waals surface area contributed by atoms with Crippen molar-refractivity contribution >= 4 is 0 Å². The van der Waals surface area contributed by atoms with Crippen molar-refractivity contribution in [2.45, 2.75) is 45.1 Å². The molecular weight excluding hydrogens is 312 g/mol. The first-order valence-electron chi connectivity index (χ1n) is 6.77. The summed E-state index contributed by atoms with van der Waals surface area (Å²) in [6.45, 7) is 1.95. The van der Waals surface area contributed by atoms with Crippen molar-refractivity contribution in [3.05, 3.63) is 28.8 Å². The lowest BCUT2D eigenvalue weighted by Crippen LogP contribution is -2.21. The number of hydrogen-bond acceptors (Lipinski definition) is 2. The van der Waals surface area contributed by atoms with Gasteiger partial charge in [0.1, 0.15) is 11.3 Å². The van der Waals surface area contributed by atoms with E-state index in [1.165, 1.54) is 6.07 Å². The van der Waals surface area contributed by atoms with Crippen LogP contribution in [0.25, 0.3) is 0 Å². The highest BCUT2D eigenvalue weighted by Gasteiger charge is 2.41. The van der Waals surface area contributed by atoms with Gasteiger partial charge in [-0.05, 0) is 49.4 Å². The fraction of sp³-hybridized carbons (Fsp3) is 0.571. The van der Waals surface area contributed by atoms with E-state index in [-0.39, 0.29) is 12.0 Å². The second-order valence-corrected chi connectivity index (χ2v) is 4.77. The maximum absolute atomic E-state index is 13.2. The third-order valence-corrected chi connectivity index (χ3v) is 3.06. The van der Waals surface area contributed by atoms with Crippen LogP contribution in [0, 0.1) is 0 Å². The number of hydrogen-bond donors (Lipinski definition) is 1.